The molecule has 0 radical (unpaired) electrons. The molecule has 1 N–H and O–H groups in total. The lowest BCUT2D eigenvalue weighted by atomic mass is 10.1. The molecule has 0 aromatic heterocycles. The van der Waals surface area contributed by atoms with Crippen molar-refractivity contribution in [3.05, 3.63) is 69.3 Å². The highest BCUT2D eigenvalue weighted by atomic mass is 16.6. The number of nitro benzene ring substituents is 1. The molecule has 2 aromatic rings. The standard InChI is InChI=1S/C20H22N4O4/c1-14-15(7-5-9-18(14)24(27)28)19(25)21-17-8-4-3-6-16(17)20(26)23-12-10-22(2)11-13-23/h3-9H,10-13H2,1-2H3,(H,21,25). The van der Waals surface area contributed by atoms with E-state index >= 15 is 0 Å². The number of hydrogen-bond acceptors (Lipinski definition) is 5. The topological polar surface area (TPSA) is 95.8 Å². The summed E-state index contributed by atoms with van der Waals surface area (Å²) in [6.45, 7) is 4.39. The van der Waals surface area contributed by atoms with Crippen LogP contribution in [0.1, 0.15) is 26.3 Å². The number of hydrogen-bond donors (Lipinski definition) is 1. The minimum Gasteiger partial charge on any atom is -0.336 e. The van der Waals surface area contributed by atoms with Crippen molar-refractivity contribution in [3.63, 3.8) is 0 Å². The van der Waals surface area contributed by atoms with Gasteiger partial charge in [0.1, 0.15) is 0 Å². The number of benzene rings is 2. The van der Waals surface area contributed by atoms with Crippen molar-refractivity contribution in [2.75, 3.05) is 38.5 Å². The molecule has 1 fully saturated rings. The number of carbonyl (C=O) groups is 2. The summed E-state index contributed by atoms with van der Waals surface area (Å²) in [5.74, 6) is -0.625. The quantitative estimate of drug-likeness (QED) is 0.648. The maximum absolute atomic E-state index is 12.9. The van der Waals surface area contributed by atoms with Gasteiger partial charge in [0.05, 0.1) is 16.2 Å². The Bertz CT molecular complexity index is 920. The summed E-state index contributed by atoms with van der Waals surface area (Å²) in [5.41, 5.74) is 1.17. The molecule has 1 heterocycles. The van der Waals surface area contributed by atoms with Gasteiger partial charge in [-0.2, -0.15) is 0 Å². The van der Waals surface area contributed by atoms with Crippen LogP contribution in [0.25, 0.3) is 0 Å². The zero-order valence-corrected chi connectivity index (χ0v) is 15.8. The van der Waals surface area contributed by atoms with Gasteiger partial charge >= 0.3 is 0 Å². The highest BCUT2D eigenvalue weighted by Crippen LogP contribution is 2.24. The van der Waals surface area contributed by atoms with Gasteiger partial charge in [0.2, 0.25) is 0 Å². The average Bonchev–Trinajstić information content (AvgIpc) is 2.68. The molecule has 2 amide bonds. The number of nitrogens with zero attached hydrogens (tertiary/aromatic N) is 3. The van der Waals surface area contributed by atoms with Gasteiger partial charge in [0.15, 0.2) is 0 Å². The van der Waals surface area contributed by atoms with Gasteiger partial charge in [0.25, 0.3) is 17.5 Å². The van der Waals surface area contributed by atoms with Crippen molar-refractivity contribution in [2.45, 2.75) is 6.92 Å². The Morgan fingerprint density at radius 2 is 1.64 bits per heavy atom. The number of carbonyl (C=O) groups excluding carboxylic acids is 2. The smallest absolute Gasteiger partial charge is 0.273 e. The predicted octanol–water partition coefficient (Wildman–Crippen LogP) is 2.54. The van der Waals surface area contributed by atoms with Crippen molar-refractivity contribution < 1.29 is 14.5 Å². The monoisotopic (exact) mass is 382 g/mol. The summed E-state index contributed by atoms with van der Waals surface area (Å²) in [5, 5.41) is 13.9. The SMILES string of the molecule is Cc1c(C(=O)Nc2ccccc2C(=O)N2CCN(C)CC2)cccc1[N+](=O)[O-]. The number of amides is 2. The molecule has 1 aliphatic heterocycles. The lowest BCUT2D eigenvalue weighted by Crippen LogP contribution is -2.47. The number of para-hydroxylation sites is 1. The lowest BCUT2D eigenvalue weighted by Gasteiger charge is -2.32. The molecule has 28 heavy (non-hydrogen) atoms. The van der Waals surface area contributed by atoms with Crippen molar-refractivity contribution in [2.24, 2.45) is 0 Å². The van der Waals surface area contributed by atoms with E-state index in [0.29, 0.717) is 24.3 Å². The molecule has 0 spiro atoms. The highest BCUT2D eigenvalue weighted by Gasteiger charge is 2.24. The van der Waals surface area contributed by atoms with E-state index in [1.54, 1.807) is 29.2 Å². The molecule has 8 heteroatoms. The number of nitrogens with one attached hydrogen (secondary N) is 1. The Kier molecular flexibility index (Phi) is 5.70. The van der Waals surface area contributed by atoms with Crippen LogP contribution in [0.3, 0.4) is 0 Å². The third kappa shape index (κ3) is 4.01. The number of nitro groups is 1. The van der Waals surface area contributed by atoms with Crippen LogP contribution in [-0.4, -0.2) is 59.8 Å². The second-order valence-electron chi connectivity index (χ2n) is 6.80. The Balaban J connectivity index is 1.84. The van der Waals surface area contributed by atoms with Crippen LogP contribution in [0.4, 0.5) is 11.4 Å². The first kappa shape index (κ1) is 19.5. The van der Waals surface area contributed by atoms with Crippen LogP contribution in [0, 0.1) is 17.0 Å². The fourth-order valence-electron chi connectivity index (χ4n) is 3.22. The Labute approximate surface area is 162 Å². The van der Waals surface area contributed by atoms with Crippen LogP contribution in [-0.2, 0) is 0 Å². The largest absolute Gasteiger partial charge is 0.336 e. The fraction of sp³-hybridized carbons (Fsp3) is 0.300. The third-order valence-corrected chi connectivity index (χ3v) is 4.94. The van der Waals surface area contributed by atoms with Crippen molar-refractivity contribution in [1.29, 1.82) is 0 Å². The van der Waals surface area contributed by atoms with Crippen LogP contribution < -0.4 is 5.32 Å². The average molecular weight is 382 g/mol. The highest BCUT2D eigenvalue weighted by molar-refractivity contribution is 6.10. The van der Waals surface area contributed by atoms with Gasteiger partial charge in [-0.3, -0.25) is 19.7 Å². The minimum absolute atomic E-state index is 0.116. The second-order valence-corrected chi connectivity index (χ2v) is 6.80. The number of rotatable bonds is 4. The maximum Gasteiger partial charge on any atom is 0.273 e. The Morgan fingerprint density at radius 1 is 1.00 bits per heavy atom. The maximum atomic E-state index is 12.9. The predicted molar refractivity (Wildman–Crippen MR) is 106 cm³/mol. The van der Waals surface area contributed by atoms with Crippen LogP contribution in [0.15, 0.2) is 42.5 Å². The van der Waals surface area contributed by atoms with E-state index in [-0.39, 0.29) is 22.7 Å². The molecule has 1 aliphatic rings. The van der Waals surface area contributed by atoms with E-state index in [0.717, 1.165) is 13.1 Å². The van der Waals surface area contributed by atoms with E-state index in [1.807, 2.05) is 7.05 Å². The summed E-state index contributed by atoms with van der Waals surface area (Å²) in [4.78, 5) is 40.2. The minimum atomic E-state index is -0.517. The van der Waals surface area contributed by atoms with Crippen molar-refractivity contribution >= 4 is 23.2 Å². The third-order valence-electron chi connectivity index (χ3n) is 4.94. The fourth-order valence-corrected chi connectivity index (χ4v) is 3.22. The van der Waals surface area contributed by atoms with E-state index in [2.05, 4.69) is 10.2 Å². The molecular weight excluding hydrogens is 360 g/mol. The summed E-state index contributed by atoms with van der Waals surface area (Å²) in [7, 11) is 2.01. The molecule has 2 aromatic carbocycles. The van der Waals surface area contributed by atoms with E-state index < -0.39 is 10.8 Å². The van der Waals surface area contributed by atoms with Gasteiger partial charge in [-0.25, -0.2) is 0 Å². The number of piperazine rings is 1. The first-order valence-electron chi connectivity index (χ1n) is 9.00. The van der Waals surface area contributed by atoms with E-state index in [9.17, 15) is 19.7 Å². The van der Waals surface area contributed by atoms with Gasteiger partial charge in [-0.15, -0.1) is 0 Å². The zero-order chi connectivity index (χ0) is 20.3. The summed E-state index contributed by atoms with van der Waals surface area (Å²) in [6, 6.07) is 11.2. The molecular formula is C20H22N4O4. The van der Waals surface area contributed by atoms with Gasteiger partial charge in [-0.05, 0) is 32.2 Å². The van der Waals surface area contributed by atoms with Gasteiger partial charge in [0, 0.05) is 43.4 Å². The second kappa shape index (κ2) is 8.18. The molecule has 0 saturated carbocycles. The lowest BCUT2D eigenvalue weighted by molar-refractivity contribution is -0.385. The van der Waals surface area contributed by atoms with Crippen molar-refractivity contribution in [3.8, 4) is 0 Å². The Hall–Kier alpha value is -3.26. The van der Waals surface area contributed by atoms with Crippen LogP contribution >= 0.6 is 0 Å². The molecule has 0 bridgehead atoms. The van der Waals surface area contributed by atoms with Crippen LogP contribution in [0.2, 0.25) is 0 Å². The van der Waals surface area contributed by atoms with E-state index in [1.165, 1.54) is 25.1 Å². The van der Waals surface area contributed by atoms with Crippen LogP contribution in [0.5, 0.6) is 0 Å². The summed E-state index contributed by atoms with van der Waals surface area (Å²) >= 11 is 0. The molecule has 3 rings (SSSR count). The van der Waals surface area contributed by atoms with Crippen molar-refractivity contribution in [1.82, 2.24) is 9.80 Å². The number of likely N-dealkylation sites (N-methyl/N-ethyl adjacent to an activating group) is 1. The zero-order valence-electron chi connectivity index (χ0n) is 15.8. The van der Waals surface area contributed by atoms with Gasteiger partial charge < -0.3 is 15.1 Å². The summed E-state index contributed by atoms with van der Waals surface area (Å²) in [6.07, 6.45) is 0. The Morgan fingerprint density at radius 3 is 2.32 bits per heavy atom. The molecule has 0 unspecified atom stereocenters. The van der Waals surface area contributed by atoms with E-state index in [4.69, 9.17) is 0 Å². The molecule has 0 aliphatic carbocycles. The first-order chi connectivity index (χ1) is 13.4. The molecule has 8 nitrogen and oxygen atoms in total. The number of anilines is 1. The molecule has 146 valence electrons. The first-order valence-corrected chi connectivity index (χ1v) is 9.00. The summed E-state index contributed by atoms with van der Waals surface area (Å²) < 4.78 is 0. The van der Waals surface area contributed by atoms with Gasteiger partial charge in [-0.1, -0.05) is 18.2 Å². The normalized spacial score (nSPS) is 14.6. The molecule has 1 saturated heterocycles. The molecule has 0 atom stereocenters.